The average Bonchev–Trinajstić information content (AvgIpc) is 2.68. The molecular weight excluding hydrogens is 374 g/mol. The van der Waals surface area contributed by atoms with E-state index in [-0.39, 0.29) is 5.41 Å². The SMILES string of the molecule is CC1(C)CNCC[C@@H]1Nc1nc(-c2ccnc(N)c2)nc2cncc(C3CCC3)c12. The lowest BCUT2D eigenvalue weighted by Gasteiger charge is -2.40. The number of pyridine rings is 2. The number of hydrogen-bond donors (Lipinski definition) is 3. The molecule has 0 spiro atoms. The van der Waals surface area contributed by atoms with Gasteiger partial charge >= 0.3 is 0 Å². The molecule has 3 aromatic rings. The minimum absolute atomic E-state index is 0.125. The van der Waals surface area contributed by atoms with Gasteiger partial charge in [0, 0.05) is 35.9 Å². The Labute approximate surface area is 176 Å². The van der Waals surface area contributed by atoms with Crippen molar-refractivity contribution in [3.05, 3.63) is 36.3 Å². The van der Waals surface area contributed by atoms with Gasteiger partial charge in [-0.2, -0.15) is 0 Å². The zero-order chi connectivity index (χ0) is 20.7. The van der Waals surface area contributed by atoms with Crippen LogP contribution in [-0.2, 0) is 0 Å². The Morgan fingerprint density at radius 2 is 2.03 bits per heavy atom. The molecule has 1 aliphatic carbocycles. The molecule has 1 aliphatic heterocycles. The van der Waals surface area contributed by atoms with E-state index in [9.17, 15) is 0 Å². The number of fused-ring (bicyclic) bond motifs is 1. The van der Waals surface area contributed by atoms with Crippen LogP contribution in [0.25, 0.3) is 22.3 Å². The van der Waals surface area contributed by atoms with Gasteiger partial charge in [0.1, 0.15) is 11.6 Å². The molecule has 0 radical (unpaired) electrons. The number of piperidine rings is 1. The van der Waals surface area contributed by atoms with Crippen LogP contribution in [0.4, 0.5) is 11.6 Å². The van der Waals surface area contributed by atoms with E-state index in [1.54, 1.807) is 6.20 Å². The highest BCUT2D eigenvalue weighted by Gasteiger charge is 2.33. The second-order valence-corrected chi connectivity index (χ2v) is 9.27. The maximum absolute atomic E-state index is 5.92. The van der Waals surface area contributed by atoms with Gasteiger partial charge in [-0.25, -0.2) is 15.0 Å². The zero-order valence-corrected chi connectivity index (χ0v) is 17.7. The van der Waals surface area contributed by atoms with Gasteiger partial charge in [-0.05, 0) is 54.8 Å². The van der Waals surface area contributed by atoms with E-state index in [1.165, 1.54) is 24.8 Å². The normalized spacial score (nSPS) is 21.3. The Hall–Kier alpha value is -2.80. The molecule has 0 aromatic carbocycles. The van der Waals surface area contributed by atoms with Gasteiger partial charge in [0.05, 0.1) is 11.7 Å². The van der Waals surface area contributed by atoms with Crippen LogP contribution in [0.3, 0.4) is 0 Å². The van der Waals surface area contributed by atoms with Crippen molar-refractivity contribution < 1.29 is 0 Å². The molecule has 156 valence electrons. The summed E-state index contributed by atoms with van der Waals surface area (Å²) in [5.74, 6) is 2.58. The molecule has 0 amide bonds. The highest BCUT2D eigenvalue weighted by atomic mass is 15.1. The van der Waals surface area contributed by atoms with Crippen molar-refractivity contribution in [1.29, 1.82) is 0 Å². The minimum Gasteiger partial charge on any atom is -0.384 e. The van der Waals surface area contributed by atoms with Crippen molar-refractivity contribution in [2.75, 3.05) is 24.1 Å². The Kier molecular flexibility index (Phi) is 4.77. The summed E-state index contributed by atoms with van der Waals surface area (Å²) in [6, 6.07) is 4.05. The van der Waals surface area contributed by atoms with Crippen LogP contribution in [0.2, 0.25) is 0 Å². The summed E-state index contributed by atoms with van der Waals surface area (Å²) in [7, 11) is 0. The van der Waals surface area contributed by atoms with Gasteiger partial charge in [-0.1, -0.05) is 20.3 Å². The first-order valence-corrected chi connectivity index (χ1v) is 10.9. The molecule has 1 saturated carbocycles. The minimum atomic E-state index is 0.125. The third-order valence-electron chi connectivity index (χ3n) is 6.67. The molecule has 4 heterocycles. The van der Waals surface area contributed by atoms with Crippen LogP contribution in [0, 0.1) is 5.41 Å². The van der Waals surface area contributed by atoms with Gasteiger partial charge in [-0.3, -0.25) is 4.98 Å². The molecule has 0 unspecified atom stereocenters. The Balaban J connectivity index is 1.66. The molecule has 30 heavy (non-hydrogen) atoms. The molecule has 7 nitrogen and oxygen atoms in total. The van der Waals surface area contributed by atoms with Crippen molar-refractivity contribution >= 4 is 22.5 Å². The van der Waals surface area contributed by atoms with E-state index >= 15 is 0 Å². The van der Waals surface area contributed by atoms with E-state index < -0.39 is 0 Å². The average molecular weight is 404 g/mol. The van der Waals surface area contributed by atoms with Crippen molar-refractivity contribution in [3.63, 3.8) is 0 Å². The summed E-state index contributed by atoms with van der Waals surface area (Å²) >= 11 is 0. The van der Waals surface area contributed by atoms with Crippen molar-refractivity contribution in [2.45, 2.75) is 51.5 Å². The van der Waals surface area contributed by atoms with Crippen molar-refractivity contribution in [1.82, 2.24) is 25.3 Å². The smallest absolute Gasteiger partial charge is 0.162 e. The fourth-order valence-electron chi connectivity index (χ4n) is 4.56. The summed E-state index contributed by atoms with van der Waals surface area (Å²) in [4.78, 5) is 18.5. The molecular formula is C23H29N7. The maximum Gasteiger partial charge on any atom is 0.162 e. The van der Waals surface area contributed by atoms with E-state index in [0.29, 0.717) is 23.6 Å². The predicted octanol–water partition coefficient (Wildman–Crippen LogP) is 3.74. The third-order valence-corrected chi connectivity index (χ3v) is 6.67. The number of nitrogens with zero attached hydrogens (tertiary/aromatic N) is 4. The topological polar surface area (TPSA) is 102 Å². The van der Waals surface area contributed by atoms with Crippen LogP contribution in [0.5, 0.6) is 0 Å². The van der Waals surface area contributed by atoms with Crippen LogP contribution in [-0.4, -0.2) is 39.1 Å². The van der Waals surface area contributed by atoms with E-state index in [2.05, 4.69) is 34.4 Å². The number of anilines is 2. The van der Waals surface area contributed by atoms with E-state index in [1.807, 2.05) is 24.5 Å². The van der Waals surface area contributed by atoms with Crippen molar-refractivity contribution in [2.24, 2.45) is 5.41 Å². The summed E-state index contributed by atoms with van der Waals surface area (Å²) < 4.78 is 0. The molecule has 2 fully saturated rings. The Morgan fingerprint density at radius 1 is 1.17 bits per heavy atom. The van der Waals surface area contributed by atoms with Crippen LogP contribution in [0.1, 0.15) is 51.0 Å². The summed E-state index contributed by atoms with van der Waals surface area (Å²) in [5.41, 5.74) is 9.07. The second kappa shape index (κ2) is 7.47. The maximum atomic E-state index is 5.92. The first-order valence-electron chi connectivity index (χ1n) is 10.9. The lowest BCUT2D eigenvalue weighted by molar-refractivity contribution is 0.236. The number of nitrogens with one attached hydrogen (secondary N) is 2. The van der Waals surface area contributed by atoms with E-state index in [4.69, 9.17) is 15.7 Å². The molecule has 3 aromatic heterocycles. The monoisotopic (exact) mass is 403 g/mol. The highest BCUT2D eigenvalue weighted by molar-refractivity contribution is 5.93. The quantitative estimate of drug-likeness (QED) is 0.610. The molecule has 7 heteroatoms. The van der Waals surface area contributed by atoms with Gasteiger partial charge in [0.25, 0.3) is 0 Å². The lowest BCUT2D eigenvalue weighted by atomic mass is 9.78. The van der Waals surface area contributed by atoms with Crippen LogP contribution < -0.4 is 16.4 Å². The number of hydrogen-bond acceptors (Lipinski definition) is 7. The fraction of sp³-hybridized carbons (Fsp3) is 0.478. The predicted molar refractivity (Wildman–Crippen MR) is 120 cm³/mol. The largest absolute Gasteiger partial charge is 0.384 e. The lowest BCUT2D eigenvalue weighted by Crippen LogP contribution is -2.49. The molecule has 1 saturated heterocycles. The molecule has 2 aliphatic rings. The first kappa shape index (κ1) is 19.2. The van der Waals surface area contributed by atoms with Crippen LogP contribution >= 0.6 is 0 Å². The number of aromatic nitrogens is 4. The first-order chi connectivity index (χ1) is 14.5. The second-order valence-electron chi connectivity index (χ2n) is 9.27. The number of rotatable bonds is 4. The number of nitrogen functional groups attached to an aromatic ring is 1. The van der Waals surface area contributed by atoms with Crippen LogP contribution in [0.15, 0.2) is 30.7 Å². The summed E-state index contributed by atoms with van der Waals surface area (Å²) in [6.07, 6.45) is 10.3. The third kappa shape index (κ3) is 3.47. The van der Waals surface area contributed by atoms with Gasteiger partial charge in [-0.15, -0.1) is 0 Å². The standard InChI is InChI=1S/C23H29N7/c1-23(2)13-25-8-7-18(23)29-22-20-16(14-4-3-5-14)11-26-12-17(20)28-21(30-22)15-6-9-27-19(24)10-15/h6,9-12,14,18,25H,3-5,7-8,13H2,1-2H3,(H2,24,27)(H,28,29,30)/t18-/m0/s1. The number of nitrogens with two attached hydrogens (primary N) is 1. The Morgan fingerprint density at radius 3 is 2.77 bits per heavy atom. The van der Waals surface area contributed by atoms with E-state index in [0.717, 1.165) is 41.8 Å². The summed E-state index contributed by atoms with van der Waals surface area (Å²) in [5, 5.41) is 8.45. The Bertz CT molecular complexity index is 1070. The molecule has 0 bridgehead atoms. The van der Waals surface area contributed by atoms with Gasteiger partial charge in [0.2, 0.25) is 0 Å². The fourth-order valence-corrected chi connectivity index (χ4v) is 4.56. The highest BCUT2D eigenvalue weighted by Crippen LogP contribution is 2.42. The zero-order valence-electron chi connectivity index (χ0n) is 17.7. The summed E-state index contributed by atoms with van der Waals surface area (Å²) in [6.45, 7) is 6.60. The molecule has 4 N–H and O–H groups in total. The van der Waals surface area contributed by atoms with Gasteiger partial charge in [0.15, 0.2) is 5.82 Å². The molecule has 5 rings (SSSR count). The molecule has 1 atom stereocenters. The van der Waals surface area contributed by atoms with Crippen molar-refractivity contribution in [3.8, 4) is 11.4 Å². The van der Waals surface area contributed by atoms with Gasteiger partial charge < -0.3 is 16.4 Å².